The number of para-hydroxylation sites is 1. The summed E-state index contributed by atoms with van der Waals surface area (Å²) in [5, 5.41) is 0. The smallest absolute Gasteiger partial charge is 0.0539 e. The lowest BCUT2D eigenvalue weighted by Gasteiger charge is -2.20. The van der Waals surface area contributed by atoms with E-state index < -0.39 is 0 Å². The van der Waals surface area contributed by atoms with Crippen LogP contribution in [0.15, 0.2) is 42.6 Å². The molecule has 0 amide bonds. The van der Waals surface area contributed by atoms with Crippen LogP contribution in [0.25, 0.3) is 0 Å². The largest absolute Gasteiger partial charge is 0.304 e. The predicted octanol–water partition coefficient (Wildman–Crippen LogP) is 2.46. The fourth-order valence-electron chi connectivity index (χ4n) is 1.44. The highest BCUT2D eigenvalue weighted by Gasteiger charge is 2.00. The topological polar surface area (TPSA) is 27.3 Å². The van der Waals surface area contributed by atoms with Gasteiger partial charge in [0.25, 0.3) is 0 Å². The Hall–Kier alpha value is -1.48. The summed E-state index contributed by atoms with van der Waals surface area (Å²) < 4.78 is 0. The van der Waals surface area contributed by atoms with Gasteiger partial charge >= 0.3 is 0 Å². The molecular weight excluding hydrogens is 198 g/mol. The van der Waals surface area contributed by atoms with E-state index in [0.717, 1.165) is 31.0 Å². The van der Waals surface area contributed by atoms with Gasteiger partial charge in [0.2, 0.25) is 0 Å². The number of likely N-dealkylation sites (N-methyl/N-ethyl adjacent to an activating group) is 1. The molecule has 1 aromatic carbocycles. The number of nitrogens with zero attached hydrogens (tertiary/aromatic N) is 1. The molecule has 2 N–H and O–H groups in total. The van der Waals surface area contributed by atoms with Crippen LogP contribution in [0.3, 0.4) is 0 Å². The molecule has 1 aromatic rings. The lowest BCUT2D eigenvalue weighted by Crippen LogP contribution is -2.32. The van der Waals surface area contributed by atoms with Gasteiger partial charge < -0.3 is 10.9 Å². The normalized spacial score (nSPS) is 10.2. The summed E-state index contributed by atoms with van der Waals surface area (Å²) in [7, 11) is 0. The van der Waals surface area contributed by atoms with Crippen LogP contribution in [-0.2, 0) is 0 Å². The Bertz CT molecular complexity index is 304. The molecule has 0 unspecified atom stereocenters. The summed E-state index contributed by atoms with van der Waals surface area (Å²) in [5.41, 5.74) is 8.26. The number of hydrogen-bond donors (Lipinski definition) is 2. The molecule has 0 aromatic heterocycles. The molecule has 0 fully saturated rings. The lowest BCUT2D eigenvalue weighted by molar-refractivity contribution is 0.325. The first kappa shape index (κ1) is 12.6. The minimum Gasteiger partial charge on any atom is -0.304 e. The summed E-state index contributed by atoms with van der Waals surface area (Å²) in [4.78, 5) is 2.31. The van der Waals surface area contributed by atoms with Gasteiger partial charge in [0.15, 0.2) is 0 Å². The van der Waals surface area contributed by atoms with Crippen molar-refractivity contribution in [2.24, 2.45) is 0 Å². The molecule has 0 aliphatic heterocycles. The van der Waals surface area contributed by atoms with Gasteiger partial charge in [-0.25, -0.2) is 0 Å². The second kappa shape index (κ2) is 6.90. The molecule has 0 atom stereocenters. The number of hydrazine groups is 1. The number of rotatable bonds is 7. The molecule has 0 saturated carbocycles. The average molecular weight is 219 g/mol. The molecule has 3 heteroatoms. The Labute approximate surface area is 98.1 Å². The molecule has 3 nitrogen and oxygen atoms in total. The van der Waals surface area contributed by atoms with Crippen molar-refractivity contribution in [2.75, 3.05) is 25.1 Å². The molecular formula is C13H21N3. The Kier molecular flexibility index (Phi) is 5.43. The van der Waals surface area contributed by atoms with E-state index in [1.807, 2.05) is 30.3 Å². The maximum atomic E-state index is 3.99. The number of hydrogen-bond acceptors (Lipinski definition) is 3. The zero-order chi connectivity index (χ0) is 11.8. The number of benzene rings is 1. The average Bonchev–Trinajstić information content (AvgIpc) is 2.34. The first-order valence-corrected chi connectivity index (χ1v) is 5.73. The van der Waals surface area contributed by atoms with E-state index in [0.29, 0.717) is 0 Å². The van der Waals surface area contributed by atoms with Gasteiger partial charge in [-0.1, -0.05) is 38.6 Å². The molecule has 88 valence electrons. The fourth-order valence-corrected chi connectivity index (χ4v) is 1.44. The third-order valence-electron chi connectivity index (χ3n) is 2.47. The molecule has 0 heterocycles. The second-order valence-electron chi connectivity index (χ2n) is 3.68. The van der Waals surface area contributed by atoms with Gasteiger partial charge in [-0.05, 0) is 25.2 Å². The van der Waals surface area contributed by atoms with E-state index in [2.05, 4.69) is 36.2 Å². The van der Waals surface area contributed by atoms with Crippen LogP contribution in [0.5, 0.6) is 0 Å². The van der Waals surface area contributed by atoms with Crippen molar-refractivity contribution < 1.29 is 0 Å². The summed E-state index contributed by atoms with van der Waals surface area (Å²) >= 11 is 0. The third-order valence-corrected chi connectivity index (χ3v) is 2.47. The van der Waals surface area contributed by atoms with Crippen LogP contribution in [0.2, 0.25) is 0 Å². The predicted molar refractivity (Wildman–Crippen MR) is 70.1 cm³/mol. The zero-order valence-corrected chi connectivity index (χ0v) is 10.2. The maximum Gasteiger partial charge on any atom is 0.0539 e. The van der Waals surface area contributed by atoms with E-state index in [4.69, 9.17) is 0 Å². The highest BCUT2D eigenvalue weighted by Crippen LogP contribution is 2.03. The zero-order valence-electron chi connectivity index (χ0n) is 10.2. The maximum absolute atomic E-state index is 3.99. The van der Waals surface area contributed by atoms with E-state index in [1.54, 1.807) is 0 Å². The van der Waals surface area contributed by atoms with Crippen molar-refractivity contribution in [3.63, 3.8) is 0 Å². The molecule has 0 aliphatic rings. The van der Waals surface area contributed by atoms with Crippen LogP contribution in [0.4, 0.5) is 5.69 Å². The number of anilines is 1. The molecule has 0 aliphatic carbocycles. The number of nitrogens with one attached hydrogen (secondary N) is 2. The molecule has 0 radical (unpaired) electrons. The standard InChI is InChI=1S/C13H21N3/c1-4-16(5-2)11-12(3)14-15-13-9-7-6-8-10-13/h6-10,14-15H,3-5,11H2,1-2H3. The van der Waals surface area contributed by atoms with Crippen LogP contribution in [-0.4, -0.2) is 24.5 Å². The molecule has 1 rings (SSSR count). The fraction of sp³-hybridized carbons (Fsp3) is 0.385. The lowest BCUT2D eigenvalue weighted by atomic mass is 10.3. The van der Waals surface area contributed by atoms with Gasteiger partial charge in [0.05, 0.1) is 5.69 Å². The van der Waals surface area contributed by atoms with Gasteiger partial charge in [-0.15, -0.1) is 0 Å². The van der Waals surface area contributed by atoms with Crippen LogP contribution < -0.4 is 10.9 Å². The Morgan fingerprint density at radius 2 is 1.81 bits per heavy atom. The monoisotopic (exact) mass is 219 g/mol. The van der Waals surface area contributed by atoms with Crippen LogP contribution in [0.1, 0.15) is 13.8 Å². The van der Waals surface area contributed by atoms with Crippen LogP contribution >= 0.6 is 0 Å². The van der Waals surface area contributed by atoms with E-state index in [1.165, 1.54) is 0 Å². The van der Waals surface area contributed by atoms with Crippen molar-refractivity contribution in [2.45, 2.75) is 13.8 Å². The van der Waals surface area contributed by atoms with Crippen molar-refractivity contribution in [1.29, 1.82) is 0 Å². The summed E-state index contributed by atoms with van der Waals surface area (Å²) in [5.74, 6) is 0. The minimum absolute atomic E-state index is 0.868. The third kappa shape index (κ3) is 4.36. The van der Waals surface area contributed by atoms with Gasteiger partial charge in [0.1, 0.15) is 0 Å². The van der Waals surface area contributed by atoms with Crippen molar-refractivity contribution in [1.82, 2.24) is 10.3 Å². The van der Waals surface area contributed by atoms with Gasteiger partial charge in [-0.3, -0.25) is 4.90 Å². The Morgan fingerprint density at radius 3 is 2.38 bits per heavy atom. The second-order valence-corrected chi connectivity index (χ2v) is 3.68. The molecule has 0 spiro atoms. The highest BCUT2D eigenvalue weighted by atomic mass is 15.4. The molecule has 16 heavy (non-hydrogen) atoms. The van der Waals surface area contributed by atoms with Crippen LogP contribution in [0, 0.1) is 0 Å². The SMILES string of the molecule is C=C(CN(CC)CC)NNc1ccccc1. The summed E-state index contributed by atoms with van der Waals surface area (Å²) in [6, 6.07) is 10.0. The van der Waals surface area contributed by atoms with Crippen molar-refractivity contribution in [3.8, 4) is 0 Å². The Balaban J connectivity index is 2.30. The van der Waals surface area contributed by atoms with Gasteiger partial charge in [0, 0.05) is 12.2 Å². The Morgan fingerprint density at radius 1 is 1.19 bits per heavy atom. The minimum atomic E-state index is 0.868. The van der Waals surface area contributed by atoms with Crippen molar-refractivity contribution in [3.05, 3.63) is 42.6 Å². The van der Waals surface area contributed by atoms with E-state index in [9.17, 15) is 0 Å². The first-order chi connectivity index (χ1) is 7.76. The van der Waals surface area contributed by atoms with Crippen molar-refractivity contribution >= 4 is 5.69 Å². The summed E-state index contributed by atoms with van der Waals surface area (Å²) in [6.45, 7) is 11.3. The van der Waals surface area contributed by atoms with E-state index >= 15 is 0 Å². The van der Waals surface area contributed by atoms with E-state index in [-0.39, 0.29) is 0 Å². The quantitative estimate of drug-likeness (QED) is 0.690. The highest BCUT2D eigenvalue weighted by molar-refractivity contribution is 5.41. The first-order valence-electron chi connectivity index (χ1n) is 5.73. The molecule has 0 bridgehead atoms. The van der Waals surface area contributed by atoms with Gasteiger partial charge in [-0.2, -0.15) is 0 Å². The molecule has 0 saturated heterocycles. The summed E-state index contributed by atoms with van der Waals surface area (Å²) in [6.07, 6.45) is 0.